The van der Waals surface area contributed by atoms with Crippen molar-refractivity contribution in [2.45, 2.75) is 57.9 Å². The van der Waals surface area contributed by atoms with Gasteiger partial charge in [-0.1, -0.05) is 6.92 Å². The Balaban J connectivity index is 1.69. The fourth-order valence-electron chi connectivity index (χ4n) is 6.13. The quantitative estimate of drug-likeness (QED) is 0.359. The summed E-state index contributed by atoms with van der Waals surface area (Å²) >= 11 is 0. The van der Waals surface area contributed by atoms with Crippen LogP contribution in [0.2, 0.25) is 0 Å². The number of hydrogen-bond donors (Lipinski definition) is 1. The van der Waals surface area contributed by atoms with Gasteiger partial charge in [0.25, 0.3) is 5.56 Å². The summed E-state index contributed by atoms with van der Waals surface area (Å²) in [4.78, 5) is 42.7. The average molecular weight is 477 g/mol. The minimum Gasteiger partial charge on any atom is -0.458 e. The van der Waals surface area contributed by atoms with Crippen molar-refractivity contribution in [1.82, 2.24) is 14.9 Å². The van der Waals surface area contributed by atoms with Gasteiger partial charge < -0.3 is 19.4 Å². The van der Waals surface area contributed by atoms with E-state index in [1.165, 1.54) is 13.2 Å². The fraction of sp³-hybridized carbons (Fsp3) is 0.385. The Bertz CT molecular complexity index is 1520. The zero-order chi connectivity index (χ0) is 24.6. The van der Waals surface area contributed by atoms with Crippen LogP contribution >= 0.6 is 0 Å². The molecule has 0 bridgehead atoms. The summed E-state index contributed by atoms with van der Waals surface area (Å²) < 4.78 is 27.4. The molecule has 9 heteroatoms. The number of pyridine rings is 2. The van der Waals surface area contributed by atoms with Crippen LogP contribution in [0.25, 0.3) is 22.3 Å². The van der Waals surface area contributed by atoms with E-state index in [9.17, 15) is 18.8 Å². The highest BCUT2D eigenvalue weighted by atomic mass is 19.1. The molecule has 0 fully saturated rings. The Morgan fingerprint density at radius 1 is 1.31 bits per heavy atom. The predicted molar refractivity (Wildman–Crippen MR) is 124 cm³/mol. The number of benzene rings is 1. The Kier molecular flexibility index (Phi) is 4.67. The molecule has 2 unspecified atom stereocenters. The minimum atomic E-state index is -1.38. The number of fused-ring (bicyclic) bond motifs is 5. The van der Waals surface area contributed by atoms with E-state index in [2.05, 4.69) is 5.32 Å². The summed E-state index contributed by atoms with van der Waals surface area (Å²) in [6.07, 6.45) is 2.20. The van der Waals surface area contributed by atoms with Gasteiger partial charge in [-0.15, -0.1) is 0 Å². The van der Waals surface area contributed by atoms with Gasteiger partial charge in [0.15, 0.2) is 5.60 Å². The third-order valence-corrected chi connectivity index (χ3v) is 7.96. The van der Waals surface area contributed by atoms with Crippen LogP contribution in [0.4, 0.5) is 4.39 Å². The first-order valence-electron chi connectivity index (χ1n) is 11.7. The SMILES string of the molecule is CCC1(OC)C(=O)OCc2c1cc1n(c2=O)Cc2c-1nc1cc(F)c(C)c3c1c2C(NC=O)CC3. The van der Waals surface area contributed by atoms with Crippen LogP contribution in [0.15, 0.2) is 16.9 Å². The molecule has 3 aliphatic rings. The first-order valence-corrected chi connectivity index (χ1v) is 11.7. The third-order valence-electron chi connectivity index (χ3n) is 7.96. The molecule has 35 heavy (non-hydrogen) atoms. The maximum Gasteiger partial charge on any atom is 0.343 e. The molecule has 0 radical (unpaired) electrons. The van der Waals surface area contributed by atoms with Crippen LogP contribution in [-0.2, 0) is 44.2 Å². The second-order valence-electron chi connectivity index (χ2n) is 9.36. The lowest BCUT2D eigenvalue weighted by molar-refractivity contribution is -0.176. The highest BCUT2D eigenvalue weighted by Crippen LogP contribution is 2.46. The molecule has 2 atom stereocenters. The summed E-state index contributed by atoms with van der Waals surface area (Å²) in [7, 11) is 1.43. The van der Waals surface area contributed by atoms with Crippen molar-refractivity contribution >= 4 is 23.3 Å². The number of halogens is 1. The number of esters is 1. The number of nitrogens with zero attached hydrogens (tertiary/aromatic N) is 2. The van der Waals surface area contributed by atoms with Gasteiger partial charge in [0, 0.05) is 29.7 Å². The number of cyclic esters (lactones) is 1. The predicted octanol–water partition coefficient (Wildman–Crippen LogP) is 2.91. The van der Waals surface area contributed by atoms with Gasteiger partial charge in [-0.2, -0.15) is 0 Å². The molecule has 2 aliphatic heterocycles. The number of methoxy groups -OCH3 is 1. The largest absolute Gasteiger partial charge is 0.458 e. The van der Waals surface area contributed by atoms with E-state index in [0.29, 0.717) is 59.3 Å². The van der Waals surface area contributed by atoms with Gasteiger partial charge in [-0.3, -0.25) is 9.59 Å². The van der Waals surface area contributed by atoms with E-state index in [1.807, 2.05) is 0 Å². The summed E-state index contributed by atoms with van der Waals surface area (Å²) in [5, 5.41) is 3.75. The molecule has 0 saturated heterocycles. The van der Waals surface area contributed by atoms with Gasteiger partial charge in [0.2, 0.25) is 6.41 Å². The Morgan fingerprint density at radius 3 is 2.83 bits per heavy atom. The number of aryl methyl sites for hydroxylation is 1. The molecule has 6 rings (SSSR count). The van der Waals surface area contributed by atoms with Gasteiger partial charge in [-0.25, -0.2) is 14.2 Å². The van der Waals surface area contributed by atoms with Crippen molar-refractivity contribution in [2.24, 2.45) is 0 Å². The van der Waals surface area contributed by atoms with Gasteiger partial charge in [0.1, 0.15) is 12.4 Å². The standard InChI is InChI=1S/C26H24FN3O5/c1-4-26(34-3)16-7-20-23-14(9-30(20)24(32)15(16)10-35-25(26)33)22-18(28-11-31)6-5-13-12(2)17(27)8-19(29-23)21(13)22/h7-8,11,18H,4-6,9-10H2,1-3H3,(H,28,31). The number of nitrogens with one attached hydrogen (secondary N) is 1. The molecule has 1 aliphatic carbocycles. The second kappa shape index (κ2) is 7.45. The first kappa shape index (κ1) is 21.9. The molecule has 1 N–H and O–H groups in total. The fourth-order valence-corrected chi connectivity index (χ4v) is 6.13. The number of carbonyl (C=O) groups excluding carboxylic acids is 2. The molecular weight excluding hydrogens is 453 g/mol. The van der Waals surface area contributed by atoms with E-state index >= 15 is 0 Å². The first-order chi connectivity index (χ1) is 16.9. The van der Waals surface area contributed by atoms with Crippen molar-refractivity contribution in [1.29, 1.82) is 0 Å². The van der Waals surface area contributed by atoms with Crippen LogP contribution in [0.1, 0.15) is 59.2 Å². The van der Waals surface area contributed by atoms with Gasteiger partial charge in [0.05, 0.1) is 35.1 Å². The molecule has 1 aromatic carbocycles. The van der Waals surface area contributed by atoms with E-state index < -0.39 is 11.6 Å². The Labute approximate surface area is 200 Å². The Morgan fingerprint density at radius 2 is 2.11 bits per heavy atom. The lowest BCUT2D eigenvalue weighted by atomic mass is 9.81. The number of hydrogen-bond acceptors (Lipinski definition) is 6. The van der Waals surface area contributed by atoms with E-state index in [1.54, 1.807) is 24.5 Å². The number of rotatable bonds is 4. The lowest BCUT2D eigenvalue weighted by Crippen LogP contribution is -2.45. The minimum absolute atomic E-state index is 0.124. The van der Waals surface area contributed by atoms with Crippen molar-refractivity contribution in [3.8, 4) is 11.4 Å². The smallest absolute Gasteiger partial charge is 0.343 e. The van der Waals surface area contributed by atoms with E-state index in [4.69, 9.17) is 14.5 Å². The van der Waals surface area contributed by atoms with Gasteiger partial charge in [-0.05, 0) is 48.9 Å². The zero-order valence-corrected chi connectivity index (χ0v) is 19.7. The Hall–Kier alpha value is -3.59. The van der Waals surface area contributed by atoms with Crippen LogP contribution < -0.4 is 10.9 Å². The van der Waals surface area contributed by atoms with Crippen LogP contribution in [0.5, 0.6) is 0 Å². The summed E-state index contributed by atoms with van der Waals surface area (Å²) in [5.41, 5.74) is 3.98. The number of ether oxygens (including phenoxy) is 2. The molecule has 2 aromatic heterocycles. The number of aromatic nitrogens is 2. The average Bonchev–Trinajstić information content (AvgIpc) is 3.22. The maximum absolute atomic E-state index is 14.8. The number of carbonyl (C=O) groups is 2. The van der Waals surface area contributed by atoms with Crippen molar-refractivity contribution < 1.29 is 23.5 Å². The van der Waals surface area contributed by atoms with E-state index in [0.717, 1.165) is 22.1 Å². The molecule has 1 amide bonds. The number of amides is 1. The van der Waals surface area contributed by atoms with E-state index in [-0.39, 0.29) is 30.6 Å². The third kappa shape index (κ3) is 2.70. The summed E-state index contributed by atoms with van der Waals surface area (Å²) in [6.45, 7) is 3.70. The second-order valence-corrected chi connectivity index (χ2v) is 9.36. The summed E-state index contributed by atoms with van der Waals surface area (Å²) in [5.74, 6) is -0.864. The van der Waals surface area contributed by atoms with Crippen LogP contribution in [-0.4, -0.2) is 29.0 Å². The lowest BCUT2D eigenvalue weighted by Gasteiger charge is -2.35. The van der Waals surface area contributed by atoms with Crippen LogP contribution in [0, 0.1) is 12.7 Å². The topological polar surface area (TPSA) is 99.5 Å². The van der Waals surface area contributed by atoms with Gasteiger partial charge >= 0.3 is 5.97 Å². The monoisotopic (exact) mass is 477 g/mol. The highest BCUT2D eigenvalue weighted by molar-refractivity contribution is 5.93. The summed E-state index contributed by atoms with van der Waals surface area (Å²) in [6, 6.07) is 2.93. The molecule has 180 valence electrons. The molecular formula is C26H24FN3O5. The maximum atomic E-state index is 14.8. The zero-order valence-electron chi connectivity index (χ0n) is 19.7. The van der Waals surface area contributed by atoms with Crippen molar-refractivity contribution in [2.75, 3.05) is 7.11 Å². The normalized spacial score (nSPS) is 21.8. The van der Waals surface area contributed by atoms with Crippen molar-refractivity contribution in [3.63, 3.8) is 0 Å². The van der Waals surface area contributed by atoms with Crippen molar-refractivity contribution in [3.05, 3.63) is 61.7 Å². The molecule has 0 saturated carbocycles. The molecule has 4 heterocycles. The molecule has 0 spiro atoms. The molecule has 8 nitrogen and oxygen atoms in total. The van der Waals surface area contributed by atoms with Crippen LogP contribution in [0.3, 0.4) is 0 Å². The highest BCUT2D eigenvalue weighted by Gasteiger charge is 2.47. The molecule has 3 aromatic rings.